The first-order chi connectivity index (χ1) is 13.0. The van der Waals surface area contributed by atoms with Crippen LogP contribution in [0.2, 0.25) is 10.0 Å². The van der Waals surface area contributed by atoms with Gasteiger partial charge in [0, 0.05) is 5.56 Å². The molecule has 2 aromatic carbocycles. The molecule has 1 amide bonds. The average molecular weight is 398 g/mol. The molecule has 0 saturated heterocycles. The molecule has 0 aliphatic rings. The number of hydrogen-bond donors (Lipinski definition) is 2. The van der Waals surface area contributed by atoms with E-state index in [0.29, 0.717) is 33.0 Å². The quantitative estimate of drug-likeness (QED) is 0.466. The summed E-state index contributed by atoms with van der Waals surface area (Å²) in [6.07, 6.45) is 1.54. The molecule has 0 atom stereocenters. The zero-order valence-electron chi connectivity index (χ0n) is 13.9. The van der Waals surface area contributed by atoms with Crippen LogP contribution < -0.4 is 5.73 Å². The van der Waals surface area contributed by atoms with Crippen molar-refractivity contribution in [2.75, 3.05) is 0 Å². The SMILES string of the molecule is NC(=O)C(=Cc1ccc(-c2cccc(Cl)c2Cl)o1)c1nc2ccccc2[nH]1. The lowest BCUT2D eigenvalue weighted by Gasteiger charge is -2.02. The highest BCUT2D eigenvalue weighted by Gasteiger charge is 2.16. The Balaban J connectivity index is 1.75. The number of nitrogens with two attached hydrogens (primary N) is 1. The van der Waals surface area contributed by atoms with Gasteiger partial charge in [-0.05, 0) is 42.5 Å². The fourth-order valence-corrected chi connectivity index (χ4v) is 3.14. The third-order valence-corrected chi connectivity index (χ3v) is 4.86. The maximum atomic E-state index is 12.0. The second-order valence-corrected chi connectivity index (χ2v) is 6.61. The molecule has 2 aromatic heterocycles. The number of aromatic amines is 1. The summed E-state index contributed by atoms with van der Waals surface area (Å²) < 4.78 is 5.81. The van der Waals surface area contributed by atoms with E-state index < -0.39 is 5.91 Å². The number of carbonyl (C=O) groups is 1. The van der Waals surface area contributed by atoms with E-state index in [2.05, 4.69) is 9.97 Å². The molecule has 0 radical (unpaired) electrons. The van der Waals surface area contributed by atoms with E-state index in [-0.39, 0.29) is 5.57 Å². The van der Waals surface area contributed by atoms with Gasteiger partial charge in [0.1, 0.15) is 17.3 Å². The predicted octanol–water partition coefficient (Wildman–Crippen LogP) is 5.16. The van der Waals surface area contributed by atoms with E-state index in [1.807, 2.05) is 24.3 Å². The Bertz CT molecular complexity index is 1160. The van der Waals surface area contributed by atoms with E-state index in [4.69, 9.17) is 33.4 Å². The predicted molar refractivity (Wildman–Crippen MR) is 107 cm³/mol. The minimum absolute atomic E-state index is 0.212. The van der Waals surface area contributed by atoms with E-state index >= 15 is 0 Å². The van der Waals surface area contributed by atoms with Crippen LogP contribution in [0, 0.1) is 0 Å². The van der Waals surface area contributed by atoms with Crippen molar-refractivity contribution in [1.29, 1.82) is 0 Å². The molecule has 0 spiro atoms. The highest BCUT2D eigenvalue weighted by atomic mass is 35.5. The summed E-state index contributed by atoms with van der Waals surface area (Å²) in [4.78, 5) is 19.5. The Labute approximate surface area is 164 Å². The molecule has 134 valence electrons. The van der Waals surface area contributed by atoms with Crippen molar-refractivity contribution < 1.29 is 9.21 Å². The smallest absolute Gasteiger partial charge is 0.252 e. The summed E-state index contributed by atoms with van der Waals surface area (Å²) in [5.41, 5.74) is 7.98. The number of carbonyl (C=O) groups excluding carboxylic acids is 1. The first kappa shape index (κ1) is 17.4. The second kappa shape index (κ2) is 6.95. The van der Waals surface area contributed by atoms with Crippen LogP contribution in [0.15, 0.2) is 59.0 Å². The van der Waals surface area contributed by atoms with Gasteiger partial charge in [-0.2, -0.15) is 0 Å². The van der Waals surface area contributed by atoms with Gasteiger partial charge in [0.2, 0.25) is 0 Å². The Hall–Kier alpha value is -3.02. The van der Waals surface area contributed by atoms with Crippen LogP contribution in [0.25, 0.3) is 34.0 Å². The molecule has 0 bridgehead atoms. The molecule has 5 nitrogen and oxygen atoms in total. The summed E-state index contributed by atoms with van der Waals surface area (Å²) in [6.45, 7) is 0. The van der Waals surface area contributed by atoms with Gasteiger partial charge in [0.25, 0.3) is 5.91 Å². The van der Waals surface area contributed by atoms with Crippen LogP contribution in [-0.2, 0) is 4.79 Å². The number of imidazole rings is 1. The lowest BCUT2D eigenvalue weighted by Crippen LogP contribution is -2.13. The number of para-hydroxylation sites is 2. The van der Waals surface area contributed by atoms with E-state index in [0.717, 1.165) is 11.0 Å². The standard InChI is InChI=1S/C20H13Cl2N3O2/c21-14-5-3-4-12(18(14)22)17-9-8-11(27-17)10-13(19(23)26)20-24-15-6-1-2-7-16(15)25-20/h1-10H,(H2,23,26)(H,24,25). The Morgan fingerprint density at radius 2 is 1.89 bits per heavy atom. The van der Waals surface area contributed by atoms with Crippen molar-refractivity contribution in [3.63, 3.8) is 0 Å². The van der Waals surface area contributed by atoms with Crippen molar-refractivity contribution in [3.8, 4) is 11.3 Å². The fraction of sp³-hybridized carbons (Fsp3) is 0. The van der Waals surface area contributed by atoms with Crippen LogP contribution in [0.1, 0.15) is 11.6 Å². The zero-order valence-corrected chi connectivity index (χ0v) is 15.4. The minimum Gasteiger partial charge on any atom is -0.457 e. The molecule has 2 heterocycles. The molecule has 7 heteroatoms. The molecule has 0 unspecified atom stereocenters. The first-order valence-corrected chi connectivity index (χ1v) is 8.79. The van der Waals surface area contributed by atoms with Gasteiger partial charge in [0.05, 0.1) is 26.7 Å². The highest BCUT2D eigenvalue weighted by molar-refractivity contribution is 6.43. The van der Waals surface area contributed by atoms with E-state index in [1.165, 1.54) is 0 Å². The number of amides is 1. The number of fused-ring (bicyclic) bond motifs is 1. The summed E-state index contributed by atoms with van der Waals surface area (Å²) >= 11 is 12.3. The summed E-state index contributed by atoms with van der Waals surface area (Å²) in [5, 5.41) is 0.833. The lowest BCUT2D eigenvalue weighted by molar-refractivity contribution is -0.112. The number of H-pyrrole nitrogens is 1. The normalized spacial score (nSPS) is 11.9. The fourth-order valence-electron chi connectivity index (χ4n) is 2.75. The van der Waals surface area contributed by atoms with Crippen LogP contribution in [0.5, 0.6) is 0 Å². The first-order valence-electron chi connectivity index (χ1n) is 8.04. The Morgan fingerprint density at radius 3 is 2.67 bits per heavy atom. The molecule has 0 saturated carbocycles. The maximum absolute atomic E-state index is 12.0. The minimum atomic E-state index is -0.618. The molecule has 0 aliphatic heterocycles. The number of rotatable bonds is 4. The number of nitrogens with zero attached hydrogens (tertiary/aromatic N) is 1. The second-order valence-electron chi connectivity index (χ2n) is 5.83. The molecule has 27 heavy (non-hydrogen) atoms. The lowest BCUT2D eigenvalue weighted by atomic mass is 10.2. The van der Waals surface area contributed by atoms with Crippen molar-refractivity contribution in [3.05, 3.63) is 76.2 Å². The van der Waals surface area contributed by atoms with Crippen LogP contribution >= 0.6 is 23.2 Å². The van der Waals surface area contributed by atoms with Crippen LogP contribution in [0.3, 0.4) is 0 Å². The van der Waals surface area contributed by atoms with Gasteiger partial charge in [-0.25, -0.2) is 4.98 Å². The van der Waals surface area contributed by atoms with E-state index in [1.54, 1.807) is 36.4 Å². The van der Waals surface area contributed by atoms with Gasteiger partial charge < -0.3 is 15.1 Å². The van der Waals surface area contributed by atoms with Gasteiger partial charge in [-0.3, -0.25) is 4.79 Å². The topological polar surface area (TPSA) is 84.9 Å². The number of halogens is 2. The van der Waals surface area contributed by atoms with Gasteiger partial charge in [0.15, 0.2) is 0 Å². The van der Waals surface area contributed by atoms with Crippen molar-refractivity contribution in [2.24, 2.45) is 5.73 Å². The number of primary amides is 1. The van der Waals surface area contributed by atoms with Crippen molar-refractivity contribution >= 4 is 51.8 Å². The number of furan rings is 1. The zero-order chi connectivity index (χ0) is 19.0. The highest BCUT2D eigenvalue weighted by Crippen LogP contribution is 2.34. The third-order valence-electron chi connectivity index (χ3n) is 4.04. The number of nitrogens with one attached hydrogen (secondary N) is 1. The Kier molecular flexibility index (Phi) is 4.48. The maximum Gasteiger partial charge on any atom is 0.252 e. The number of hydrogen-bond acceptors (Lipinski definition) is 3. The summed E-state index contributed by atoms with van der Waals surface area (Å²) in [7, 11) is 0. The van der Waals surface area contributed by atoms with Gasteiger partial charge >= 0.3 is 0 Å². The number of aromatic nitrogens is 2. The molecular weight excluding hydrogens is 385 g/mol. The molecular formula is C20H13Cl2N3O2. The van der Waals surface area contributed by atoms with Crippen LogP contribution in [-0.4, -0.2) is 15.9 Å². The molecule has 4 rings (SSSR count). The van der Waals surface area contributed by atoms with Gasteiger partial charge in [-0.1, -0.05) is 41.4 Å². The van der Waals surface area contributed by atoms with Crippen LogP contribution in [0.4, 0.5) is 0 Å². The molecule has 4 aromatic rings. The molecule has 0 fully saturated rings. The summed E-state index contributed by atoms with van der Waals surface area (Å²) in [6, 6.07) is 16.2. The number of benzene rings is 2. The van der Waals surface area contributed by atoms with Crippen molar-refractivity contribution in [2.45, 2.75) is 0 Å². The monoisotopic (exact) mass is 397 g/mol. The largest absolute Gasteiger partial charge is 0.457 e. The van der Waals surface area contributed by atoms with Crippen molar-refractivity contribution in [1.82, 2.24) is 9.97 Å². The average Bonchev–Trinajstić information content (AvgIpc) is 3.28. The molecule has 3 N–H and O–H groups in total. The third kappa shape index (κ3) is 3.35. The Morgan fingerprint density at radius 1 is 1.07 bits per heavy atom. The van der Waals surface area contributed by atoms with E-state index in [9.17, 15) is 4.79 Å². The van der Waals surface area contributed by atoms with Gasteiger partial charge in [-0.15, -0.1) is 0 Å². The summed E-state index contributed by atoms with van der Waals surface area (Å²) in [5.74, 6) is 0.729. The molecule has 0 aliphatic carbocycles.